The normalized spacial score (nSPS) is 16.8. The molecule has 0 N–H and O–H groups in total. The fourth-order valence-corrected chi connectivity index (χ4v) is 4.92. The highest BCUT2D eigenvalue weighted by molar-refractivity contribution is 7.09. The summed E-state index contributed by atoms with van der Waals surface area (Å²) in [4.78, 5) is 34.3. The van der Waals surface area contributed by atoms with Gasteiger partial charge in [-0.3, -0.25) is 14.2 Å². The van der Waals surface area contributed by atoms with Crippen molar-refractivity contribution in [1.29, 1.82) is 0 Å². The number of benzene rings is 1. The van der Waals surface area contributed by atoms with Crippen LogP contribution in [0.1, 0.15) is 59.6 Å². The van der Waals surface area contributed by atoms with Gasteiger partial charge in [0, 0.05) is 29.4 Å². The fourth-order valence-electron chi connectivity index (χ4n) is 4.22. The van der Waals surface area contributed by atoms with E-state index < -0.39 is 0 Å². The van der Waals surface area contributed by atoms with Crippen LogP contribution >= 0.6 is 11.3 Å². The number of amides is 1. The average molecular weight is 408 g/mol. The maximum absolute atomic E-state index is 13.3. The van der Waals surface area contributed by atoms with Crippen LogP contribution in [0.25, 0.3) is 10.9 Å². The number of carbonyl (C=O) groups is 1. The maximum atomic E-state index is 13.3. The van der Waals surface area contributed by atoms with E-state index in [1.54, 1.807) is 23.5 Å². The zero-order valence-electron chi connectivity index (χ0n) is 16.5. The molecule has 2 aliphatic rings. The molecule has 1 aromatic carbocycles. The number of fused-ring (bicyclic) bond motifs is 2. The highest BCUT2D eigenvalue weighted by Crippen LogP contribution is 2.31. The molecule has 3 heterocycles. The van der Waals surface area contributed by atoms with Gasteiger partial charge in [0.15, 0.2) is 0 Å². The number of nitrogens with zero attached hydrogens (tertiary/aromatic N) is 3. The molecule has 3 aromatic rings. The van der Waals surface area contributed by atoms with Gasteiger partial charge in [-0.25, -0.2) is 4.98 Å². The minimum atomic E-state index is 0.0310. The summed E-state index contributed by atoms with van der Waals surface area (Å²) in [6.07, 6.45) is 7.40. The van der Waals surface area contributed by atoms with Crippen LogP contribution in [-0.2, 0) is 19.5 Å². The van der Waals surface area contributed by atoms with E-state index in [1.807, 2.05) is 27.0 Å². The van der Waals surface area contributed by atoms with Crippen molar-refractivity contribution in [2.45, 2.75) is 64.1 Å². The van der Waals surface area contributed by atoms with Crippen molar-refractivity contribution in [3.8, 4) is 0 Å². The van der Waals surface area contributed by atoms with Crippen LogP contribution in [-0.4, -0.2) is 26.4 Å². The molecular formula is C23H25N3O2S. The van der Waals surface area contributed by atoms with Crippen LogP contribution in [0.5, 0.6) is 0 Å². The van der Waals surface area contributed by atoms with Gasteiger partial charge >= 0.3 is 0 Å². The van der Waals surface area contributed by atoms with Crippen molar-refractivity contribution in [2.24, 2.45) is 0 Å². The second kappa shape index (κ2) is 7.75. The molecule has 0 spiro atoms. The van der Waals surface area contributed by atoms with Gasteiger partial charge in [-0.05, 0) is 55.3 Å². The molecule has 29 heavy (non-hydrogen) atoms. The van der Waals surface area contributed by atoms with Crippen molar-refractivity contribution in [1.82, 2.24) is 14.5 Å². The Morgan fingerprint density at radius 1 is 1.17 bits per heavy atom. The van der Waals surface area contributed by atoms with E-state index >= 15 is 0 Å². The third-order valence-corrected chi connectivity index (χ3v) is 6.83. The molecule has 0 unspecified atom stereocenters. The zero-order chi connectivity index (χ0) is 19.8. The highest BCUT2D eigenvalue weighted by Gasteiger charge is 2.33. The van der Waals surface area contributed by atoms with Crippen LogP contribution < -0.4 is 5.56 Å². The lowest BCUT2D eigenvalue weighted by Gasteiger charge is -2.22. The molecule has 0 saturated heterocycles. The van der Waals surface area contributed by atoms with E-state index in [1.165, 1.54) is 17.7 Å². The van der Waals surface area contributed by atoms with Crippen LogP contribution in [0.4, 0.5) is 0 Å². The number of aryl methyl sites for hydroxylation is 1. The van der Waals surface area contributed by atoms with Crippen LogP contribution in [0.2, 0.25) is 0 Å². The van der Waals surface area contributed by atoms with E-state index in [-0.39, 0.29) is 11.5 Å². The van der Waals surface area contributed by atoms with E-state index in [0.717, 1.165) is 44.5 Å². The minimum absolute atomic E-state index is 0.0310. The van der Waals surface area contributed by atoms with Gasteiger partial charge in [-0.1, -0.05) is 18.9 Å². The van der Waals surface area contributed by atoms with Crippen molar-refractivity contribution in [3.63, 3.8) is 0 Å². The van der Waals surface area contributed by atoms with E-state index in [9.17, 15) is 9.59 Å². The highest BCUT2D eigenvalue weighted by atomic mass is 32.1. The lowest BCUT2D eigenvalue weighted by atomic mass is 10.1. The van der Waals surface area contributed by atoms with Crippen molar-refractivity contribution in [3.05, 3.63) is 62.3 Å². The smallest absolute Gasteiger partial charge is 0.261 e. The van der Waals surface area contributed by atoms with Crippen molar-refractivity contribution < 1.29 is 4.79 Å². The molecule has 2 aromatic heterocycles. The Labute approximate surface area is 174 Å². The molecule has 1 amide bonds. The summed E-state index contributed by atoms with van der Waals surface area (Å²) in [6.45, 7) is 1.40. The Morgan fingerprint density at radius 3 is 2.83 bits per heavy atom. The molecule has 0 atom stereocenters. The summed E-state index contributed by atoms with van der Waals surface area (Å²) in [5.41, 5.74) is 1.31. The predicted molar refractivity (Wildman–Crippen MR) is 115 cm³/mol. The fraction of sp³-hybridized carbons (Fsp3) is 0.435. The largest absolute Gasteiger partial charge is 0.331 e. The molecule has 6 heteroatoms. The maximum Gasteiger partial charge on any atom is 0.261 e. The monoisotopic (exact) mass is 407 g/mol. The van der Waals surface area contributed by atoms with Gasteiger partial charge in [0.2, 0.25) is 0 Å². The van der Waals surface area contributed by atoms with Gasteiger partial charge in [-0.15, -0.1) is 11.3 Å². The molecule has 1 saturated carbocycles. The first-order chi connectivity index (χ1) is 14.2. The minimum Gasteiger partial charge on any atom is -0.331 e. The Morgan fingerprint density at radius 2 is 2.03 bits per heavy atom. The van der Waals surface area contributed by atoms with Gasteiger partial charge in [0.25, 0.3) is 11.5 Å². The molecule has 1 aliphatic carbocycles. The Kier molecular flexibility index (Phi) is 4.96. The quantitative estimate of drug-likeness (QED) is 0.645. The van der Waals surface area contributed by atoms with Crippen LogP contribution in [0.15, 0.2) is 40.5 Å². The van der Waals surface area contributed by atoms with E-state index in [4.69, 9.17) is 4.98 Å². The summed E-state index contributed by atoms with van der Waals surface area (Å²) in [5.74, 6) is 0.904. The lowest BCUT2D eigenvalue weighted by Crippen LogP contribution is -2.32. The number of aromatic nitrogens is 2. The second-order valence-corrected chi connectivity index (χ2v) is 9.16. The van der Waals surface area contributed by atoms with Gasteiger partial charge in [0.05, 0.1) is 17.4 Å². The molecule has 5 nitrogen and oxygen atoms in total. The summed E-state index contributed by atoms with van der Waals surface area (Å²) >= 11 is 1.68. The van der Waals surface area contributed by atoms with E-state index in [0.29, 0.717) is 29.1 Å². The van der Waals surface area contributed by atoms with Crippen molar-refractivity contribution >= 4 is 28.1 Å². The summed E-state index contributed by atoms with van der Waals surface area (Å²) in [7, 11) is 0. The van der Waals surface area contributed by atoms with Gasteiger partial charge in [0.1, 0.15) is 5.82 Å². The predicted octanol–water partition coefficient (Wildman–Crippen LogP) is 4.38. The number of hydrogen-bond acceptors (Lipinski definition) is 4. The first-order valence-electron chi connectivity index (χ1n) is 10.6. The molecular weight excluding hydrogens is 382 g/mol. The molecule has 1 aliphatic heterocycles. The van der Waals surface area contributed by atoms with Gasteiger partial charge < -0.3 is 4.90 Å². The first kappa shape index (κ1) is 18.6. The first-order valence-corrected chi connectivity index (χ1v) is 11.5. The Bertz CT molecular complexity index is 1100. The number of thiophene rings is 1. The summed E-state index contributed by atoms with van der Waals surface area (Å²) < 4.78 is 1.84. The number of rotatable bonds is 4. The summed E-state index contributed by atoms with van der Waals surface area (Å²) in [5, 5.41) is 2.66. The Balaban J connectivity index is 1.50. The number of carbonyl (C=O) groups excluding carboxylic acids is 1. The van der Waals surface area contributed by atoms with Crippen LogP contribution in [0, 0.1) is 0 Å². The molecule has 0 radical (unpaired) electrons. The number of hydrogen-bond donors (Lipinski definition) is 0. The molecule has 1 fully saturated rings. The molecule has 5 rings (SSSR count). The third-order valence-electron chi connectivity index (χ3n) is 5.97. The van der Waals surface area contributed by atoms with Crippen molar-refractivity contribution in [2.75, 3.05) is 0 Å². The topological polar surface area (TPSA) is 55.2 Å². The van der Waals surface area contributed by atoms with E-state index in [2.05, 4.69) is 6.07 Å². The third kappa shape index (κ3) is 3.73. The summed E-state index contributed by atoms with van der Waals surface area (Å²) in [6, 6.07) is 9.84. The zero-order valence-corrected chi connectivity index (χ0v) is 17.3. The Hall–Kier alpha value is -2.47. The SMILES string of the molecule is O=C(c1ccc2c(=O)n3c(nc2c1)CCCCCC3)N(Cc1cccs1)C1CC1. The molecule has 0 bridgehead atoms. The average Bonchev–Trinajstić information content (AvgIpc) is 3.42. The lowest BCUT2D eigenvalue weighted by molar-refractivity contribution is 0.0732. The standard InChI is InChI=1S/C23H25N3O2S/c27-22(26(17-9-10-17)15-18-6-5-13-29-18)16-8-11-19-20(14-16)24-21-7-3-1-2-4-12-25(21)23(19)28/h5-6,8,11,13-14,17H,1-4,7,9-10,12,15H2. The van der Waals surface area contributed by atoms with Crippen LogP contribution in [0.3, 0.4) is 0 Å². The second-order valence-electron chi connectivity index (χ2n) is 8.12. The van der Waals surface area contributed by atoms with Gasteiger partial charge in [-0.2, -0.15) is 0 Å². The molecule has 150 valence electrons.